The summed E-state index contributed by atoms with van der Waals surface area (Å²) in [7, 11) is 0. The first-order chi connectivity index (χ1) is 6.68. The van der Waals surface area contributed by atoms with Crippen LogP contribution in [0.2, 0.25) is 0 Å². The van der Waals surface area contributed by atoms with Crippen LogP contribution in [0.4, 0.5) is 0 Å². The lowest BCUT2D eigenvalue weighted by atomic mass is 10.3. The number of H-pyrrole nitrogens is 1. The molecule has 6 heteroatoms. The van der Waals surface area contributed by atoms with Gasteiger partial charge in [-0.3, -0.25) is 5.10 Å². The van der Waals surface area contributed by atoms with Crippen molar-refractivity contribution in [3.8, 4) is 11.5 Å². The number of rotatable bonds is 2. The molecule has 0 radical (unpaired) electrons. The molecular weight excluding hydrogens is 204 g/mol. The molecule has 0 aromatic carbocycles. The summed E-state index contributed by atoms with van der Waals surface area (Å²) in [5, 5.41) is 14.1. The predicted octanol–water partition coefficient (Wildman–Crippen LogP) is 2.07. The van der Waals surface area contributed by atoms with Crippen LogP contribution in [-0.4, -0.2) is 20.4 Å². The van der Waals surface area contributed by atoms with Gasteiger partial charge in [-0.15, -0.1) is 21.8 Å². The minimum absolute atomic E-state index is 0.275. The molecule has 0 saturated carbocycles. The number of hydrogen-bond donors (Lipinski definition) is 1. The lowest BCUT2D eigenvalue weighted by Gasteiger charge is -1.92. The van der Waals surface area contributed by atoms with Crippen LogP contribution in [0.25, 0.3) is 11.5 Å². The fourth-order valence-corrected chi connectivity index (χ4v) is 1.16. The standard InChI is InChI=1S/C8H9ClN4O/c1-4(9)7-12-13-8(14-7)6-3-10-11-5(6)2/h3-4H,1-2H3,(H,10,11). The van der Waals surface area contributed by atoms with Crippen LogP contribution in [0.5, 0.6) is 0 Å². The monoisotopic (exact) mass is 212 g/mol. The number of nitrogens with zero attached hydrogens (tertiary/aromatic N) is 3. The second kappa shape index (κ2) is 3.42. The Kier molecular flexibility index (Phi) is 2.25. The minimum atomic E-state index is -0.275. The van der Waals surface area contributed by atoms with E-state index in [1.54, 1.807) is 13.1 Å². The maximum Gasteiger partial charge on any atom is 0.251 e. The lowest BCUT2D eigenvalue weighted by Crippen LogP contribution is -1.81. The number of aromatic amines is 1. The molecule has 0 bridgehead atoms. The van der Waals surface area contributed by atoms with Gasteiger partial charge < -0.3 is 4.42 Å². The SMILES string of the molecule is Cc1[nH]ncc1-c1nnc(C(C)Cl)o1. The number of halogens is 1. The second-order valence-corrected chi connectivity index (χ2v) is 3.62. The first kappa shape index (κ1) is 9.21. The molecule has 5 nitrogen and oxygen atoms in total. The van der Waals surface area contributed by atoms with Crippen LogP contribution in [0.3, 0.4) is 0 Å². The summed E-state index contributed by atoms with van der Waals surface area (Å²) < 4.78 is 5.36. The van der Waals surface area contributed by atoms with Crippen LogP contribution in [0, 0.1) is 6.92 Å². The van der Waals surface area contributed by atoms with Crippen molar-refractivity contribution in [3.05, 3.63) is 17.8 Å². The van der Waals surface area contributed by atoms with E-state index in [-0.39, 0.29) is 5.38 Å². The topological polar surface area (TPSA) is 67.6 Å². The Morgan fingerprint density at radius 3 is 2.79 bits per heavy atom. The summed E-state index contributed by atoms with van der Waals surface area (Å²) in [5.74, 6) is 0.862. The Hall–Kier alpha value is -1.36. The van der Waals surface area contributed by atoms with Crippen LogP contribution < -0.4 is 0 Å². The summed E-state index contributed by atoms with van der Waals surface area (Å²) >= 11 is 5.80. The van der Waals surface area contributed by atoms with E-state index in [1.807, 2.05) is 6.92 Å². The normalized spacial score (nSPS) is 13.1. The molecule has 74 valence electrons. The van der Waals surface area contributed by atoms with Crippen molar-refractivity contribution in [2.45, 2.75) is 19.2 Å². The van der Waals surface area contributed by atoms with Gasteiger partial charge in [0.15, 0.2) is 0 Å². The first-order valence-corrected chi connectivity index (χ1v) is 4.60. The highest BCUT2D eigenvalue weighted by atomic mass is 35.5. The van der Waals surface area contributed by atoms with Gasteiger partial charge in [-0.05, 0) is 13.8 Å². The van der Waals surface area contributed by atoms with Crippen LogP contribution in [0.15, 0.2) is 10.6 Å². The second-order valence-electron chi connectivity index (χ2n) is 2.97. The van der Waals surface area contributed by atoms with Gasteiger partial charge in [0.05, 0.1) is 11.8 Å². The molecule has 2 rings (SSSR count). The highest BCUT2D eigenvalue weighted by molar-refractivity contribution is 6.20. The van der Waals surface area contributed by atoms with Crippen LogP contribution in [-0.2, 0) is 0 Å². The highest BCUT2D eigenvalue weighted by Gasteiger charge is 2.14. The largest absolute Gasteiger partial charge is 0.419 e. The van der Waals surface area contributed by atoms with Gasteiger partial charge >= 0.3 is 0 Å². The molecule has 14 heavy (non-hydrogen) atoms. The minimum Gasteiger partial charge on any atom is -0.419 e. The van der Waals surface area contributed by atoms with Gasteiger partial charge in [0.25, 0.3) is 5.89 Å². The Morgan fingerprint density at radius 1 is 1.50 bits per heavy atom. The summed E-state index contributed by atoms with van der Waals surface area (Å²) in [6.07, 6.45) is 1.64. The average molecular weight is 213 g/mol. The Morgan fingerprint density at radius 2 is 2.29 bits per heavy atom. The molecule has 1 atom stereocenters. The average Bonchev–Trinajstić information content (AvgIpc) is 2.71. The molecule has 0 fully saturated rings. The molecule has 0 amide bonds. The van der Waals surface area contributed by atoms with Crippen LogP contribution >= 0.6 is 11.6 Å². The Labute approximate surface area is 85.5 Å². The first-order valence-electron chi connectivity index (χ1n) is 4.16. The molecule has 2 aromatic rings. The fraction of sp³-hybridized carbons (Fsp3) is 0.375. The molecule has 0 aliphatic rings. The van der Waals surface area contributed by atoms with Gasteiger partial charge in [-0.1, -0.05) is 0 Å². The molecule has 1 N–H and O–H groups in total. The van der Waals surface area contributed by atoms with E-state index in [0.717, 1.165) is 11.3 Å². The number of aryl methyl sites for hydroxylation is 1. The maximum atomic E-state index is 5.80. The predicted molar refractivity (Wildman–Crippen MR) is 50.9 cm³/mol. The van der Waals surface area contributed by atoms with E-state index in [4.69, 9.17) is 16.0 Å². The number of hydrogen-bond acceptors (Lipinski definition) is 4. The lowest BCUT2D eigenvalue weighted by molar-refractivity contribution is 0.507. The van der Waals surface area contributed by atoms with Crippen LogP contribution in [0.1, 0.15) is 23.9 Å². The molecular formula is C8H9ClN4O. The third-order valence-electron chi connectivity index (χ3n) is 1.84. The van der Waals surface area contributed by atoms with Crippen molar-refractivity contribution in [1.29, 1.82) is 0 Å². The summed E-state index contributed by atoms with van der Waals surface area (Å²) in [6, 6.07) is 0. The number of alkyl halides is 1. The zero-order valence-corrected chi connectivity index (χ0v) is 8.54. The van der Waals surface area contributed by atoms with Crippen molar-refractivity contribution in [3.63, 3.8) is 0 Å². The van der Waals surface area contributed by atoms with E-state index in [1.165, 1.54) is 0 Å². The van der Waals surface area contributed by atoms with Gasteiger partial charge in [0, 0.05) is 5.69 Å². The molecule has 1 unspecified atom stereocenters. The van der Waals surface area contributed by atoms with Gasteiger partial charge in [-0.2, -0.15) is 5.10 Å². The molecule has 0 spiro atoms. The van der Waals surface area contributed by atoms with Crippen molar-refractivity contribution >= 4 is 11.6 Å². The number of aromatic nitrogens is 4. The summed E-state index contributed by atoms with van der Waals surface area (Å²) in [5.41, 5.74) is 1.70. The maximum absolute atomic E-state index is 5.80. The number of nitrogens with one attached hydrogen (secondary N) is 1. The third kappa shape index (κ3) is 1.50. The van der Waals surface area contributed by atoms with Crippen molar-refractivity contribution in [2.75, 3.05) is 0 Å². The van der Waals surface area contributed by atoms with Gasteiger partial charge in [-0.25, -0.2) is 0 Å². The molecule has 2 heterocycles. The Balaban J connectivity index is 2.39. The highest BCUT2D eigenvalue weighted by Crippen LogP contribution is 2.24. The van der Waals surface area contributed by atoms with Gasteiger partial charge in [0.1, 0.15) is 5.38 Å². The quantitative estimate of drug-likeness (QED) is 0.774. The Bertz CT molecular complexity index is 434. The molecule has 0 aliphatic carbocycles. The molecule has 2 aromatic heterocycles. The zero-order valence-electron chi connectivity index (χ0n) is 7.78. The van der Waals surface area contributed by atoms with Crippen molar-refractivity contribution < 1.29 is 4.42 Å². The van der Waals surface area contributed by atoms with E-state index in [2.05, 4.69) is 20.4 Å². The summed E-state index contributed by atoms with van der Waals surface area (Å²) in [4.78, 5) is 0. The molecule has 0 saturated heterocycles. The zero-order chi connectivity index (χ0) is 10.1. The third-order valence-corrected chi connectivity index (χ3v) is 2.03. The van der Waals surface area contributed by atoms with E-state index in [9.17, 15) is 0 Å². The summed E-state index contributed by atoms with van der Waals surface area (Å²) in [6.45, 7) is 3.66. The smallest absolute Gasteiger partial charge is 0.251 e. The van der Waals surface area contributed by atoms with E-state index < -0.39 is 0 Å². The van der Waals surface area contributed by atoms with Crippen molar-refractivity contribution in [2.24, 2.45) is 0 Å². The van der Waals surface area contributed by atoms with Crippen molar-refractivity contribution in [1.82, 2.24) is 20.4 Å². The molecule has 0 aliphatic heterocycles. The van der Waals surface area contributed by atoms with E-state index in [0.29, 0.717) is 11.8 Å². The fourth-order valence-electron chi connectivity index (χ4n) is 1.07. The van der Waals surface area contributed by atoms with E-state index >= 15 is 0 Å². The van der Waals surface area contributed by atoms with Gasteiger partial charge in [0.2, 0.25) is 5.89 Å².